The molecule has 0 aromatic heterocycles. The van der Waals surface area contributed by atoms with Crippen molar-refractivity contribution >= 4 is 12.0 Å². The van der Waals surface area contributed by atoms with E-state index in [1.807, 2.05) is 13.8 Å². The summed E-state index contributed by atoms with van der Waals surface area (Å²) < 4.78 is 5.18. The molecule has 0 aromatic carbocycles. The molecule has 0 spiro atoms. The van der Waals surface area contributed by atoms with Gasteiger partial charge in [-0.1, -0.05) is 13.8 Å². The molecular formula is C12H21NO4. The Morgan fingerprint density at radius 3 is 2.41 bits per heavy atom. The van der Waals surface area contributed by atoms with Crippen LogP contribution in [0, 0.1) is 5.92 Å². The highest BCUT2D eigenvalue weighted by Gasteiger charge is 2.45. The van der Waals surface area contributed by atoms with Crippen molar-refractivity contribution in [2.24, 2.45) is 5.92 Å². The van der Waals surface area contributed by atoms with E-state index in [0.29, 0.717) is 0 Å². The third-order valence-corrected chi connectivity index (χ3v) is 2.62. The van der Waals surface area contributed by atoms with Crippen molar-refractivity contribution in [3.63, 3.8) is 0 Å². The smallest absolute Gasteiger partial charge is 0.417 e. The number of hydrogen-bond donors (Lipinski definition) is 1. The van der Waals surface area contributed by atoms with Crippen LogP contribution in [0.25, 0.3) is 0 Å². The maximum absolute atomic E-state index is 11.9. The summed E-state index contributed by atoms with van der Waals surface area (Å²) >= 11 is 0. The molecule has 17 heavy (non-hydrogen) atoms. The van der Waals surface area contributed by atoms with Crippen LogP contribution in [0.4, 0.5) is 4.79 Å². The molecule has 98 valence electrons. The van der Waals surface area contributed by atoms with E-state index in [0.717, 1.165) is 4.90 Å². The van der Waals surface area contributed by atoms with Gasteiger partial charge >= 0.3 is 6.09 Å². The quantitative estimate of drug-likeness (QED) is 0.758. The lowest BCUT2D eigenvalue weighted by Crippen LogP contribution is -2.46. The van der Waals surface area contributed by atoms with Crippen LogP contribution in [0.1, 0.15) is 41.0 Å². The van der Waals surface area contributed by atoms with E-state index in [1.54, 1.807) is 20.8 Å². The molecule has 1 rings (SSSR count). The molecule has 2 atom stereocenters. The maximum atomic E-state index is 11.9. The molecule has 0 aromatic rings. The van der Waals surface area contributed by atoms with Gasteiger partial charge in [0.05, 0.1) is 18.6 Å². The lowest BCUT2D eigenvalue weighted by molar-refractivity contribution is -0.128. The fourth-order valence-corrected chi connectivity index (χ4v) is 2.01. The summed E-state index contributed by atoms with van der Waals surface area (Å²) in [6.45, 7) is 8.96. The van der Waals surface area contributed by atoms with Crippen molar-refractivity contribution in [2.75, 3.05) is 0 Å². The molecule has 1 fully saturated rings. The highest BCUT2D eigenvalue weighted by molar-refractivity contribution is 5.94. The van der Waals surface area contributed by atoms with Crippen LogP contribution in [-0.4, -0.2) is 39.8 Å². The van der Waals surface area contributed by atoms with Gasteiger partial charge in [0.2, 0.25) is 5.91 Å². The molecule has 2 amide bonds. The maximum Gasteiger partial charge on any atom is 0.417 e. The molecule has 5 heteroatoms. The number of aliphatic hydroxyl groups is 1. The minimum Gasteiger partial charge on any atom is -0.443 e. The van der Waals surface area contributed by atoms with Crippen molar-refractivity contribution in [3.05, 3.63) is 0 Å². The van der Waals surface area contributed by atoms with Crippen molar-refractivity contribution < 1.29 is 19.4 Å². The van der Waals surface area contributed by atoms with Gasteiger partial charge in [-0.3, -0.25) is 4.79 Å². The Kier molecular flexibility index (Phi) is 3.81. The molecule has 1 saturated heterocycles. The second-order valence-electron chi connectivity index (χ2n) is 5.75. The molecule has 0 aliphatic carbocycles. The zero-order valence-electron chi connectivity index (χ0n) is 11.1. The summed E-state index contributed by atoms with van der Waals surface area (Å²) in [5.74, 6) is -0.366. The van der Waals surface area contributed by atoms with Gasteiger partial charge in [-0.15, -0.1) is 0 Å². The van der Waals surface area contributed by atoms with Crippen LogP contribution in [-0.2, 0) is 9.53 Å². The van der Waals surface area contributed by atoms with Gasteiger partial charge in [0, 0.05) is 0 Å². The number of rotatable bonds is 1. The summed E-state index contributed by atoms with van der Waals surface area (Å²) in [6, 6.07) is -0.489. The zero-order valence-corrected chi connectivity index (χ0v) is 11.1. The van der Waals surface area contributed by atoms with Gasteiger partial charge in [-0.25, -0.2) is 9.69 Å². The summed E-state index contributed by atoms with van der Waals surface area (Å²) in [4.78, 5) is 24.7. The fraction of sp³-hybridized carbons (Fsp3) is 0.833. The average molecular weight is 243 g/mol. The number of hydrogen-bond acceptors (Lipinski definition) is 4. The van der Waals surface area contributed by atoms with E-state index in [1.165, 1.54) is 0 Å². The predicted octanol–water partition coefficient (Wildman–Crippen LogP) is 1.54. The third kappa shape index (κ3) is 3.19. The average Bonchev–Trinajstić information content (AvgIpc) is 2.37. The normalized spacial score (nSPS) is 25.6. The first-order valence-electron chi connectivity index (χ1n) is 5.86. The van der Waals surface area contributed by atoms with E-state index in [9.17, 15) is 14.7 Å². The molecule has 1 unspecified atom stereocenters. The lowest BCUT2D eigenvalue weighted by atomic mass is 10.00. The van der Waals surface area contributed by atoms with Crippen molar-refractivity contribution in [2.45, 2.75) is 58.8 Å². The minimum atomic E-state index is -0.796. The SMILES string of the molecule is CC(C)[C@H]1C(O)CC(=O)N1C(=O)OC(C)(C)C. The van der Waals surface area contributed by atoms with E-state index in [2.05, 4.69) is 0 Å². The van der Waals surface area contributed by atoms with E-state index in [-0.39, 0.29) is 18.2 Å². The fourth-order valence-electron chi connectivity index (χ4n) is 2.01. The number of aliphatic hydroxyl groups excluding tert-OH is 1. The van der Waals surface area contributed by atoms with Gasteiger partial charge in [-0.2, -0.15) is 0 Å². The van der Waals surface area contributed by atoms with Gasteiger partial charge in [0.1, 0.15) is 5.60 Å². The van der Waals surface area contributed by atoms with E-state index >= 15 is 0 Å². The number of carbonyl (C=O) groups excluding carboxylic acids is 2. The highest BCUT2D eigenvalue weighted by Crippen LogP contribution is 2.27. The lowest BCUT2D eigenvalue weighted by Gasteiger charge is -2.30. The first kappa shape index (κ1) is 14.0. The number of nitrogens with zero attached hydrogens (tertiary/aromatic N) is 1. The monoisotopic (exact) mass is 243 g/mol. The van der Waals surface area contributed by atoms with E-state index in [4.69, 9.17) is 4.74 Å². The Labute approximate surface area is 102 Å². The number of ether oxygens (including phenoxy) is 1. The Morgan fingerprint density at radius 1 is 1.47 bits per heavy atom. The molecule has 1 N–H and O–H groups in total. The van der Waals surface area contributed by atoms with Crippen LogP contribution < -0.4 is 0 Å². The number of imide groups is 1. The van der Waals surface area contributed by atoms with Crippen LogP contribution in [0.2, 0.25) is 0 Å². The molecule has 5 nitrogen and oxygen atoms in total. The van der Waals surface area contributed by atoms with Crippen LogP contribution >= 0.6 is 0 Å². The van der Waals surface area contributed by atoms with E-state index < -0.39 is 23.8 Å². The third-order valence-electron chi connectivity index (χ3n) is 2.62. The van der Waals surface area contributed by atoms with Gasteiger partial charge < -0.3 is 9.84 Å². The summed E-state index contributed by atoms with van der Waals surface area (Å²) in [7, 11) is 0. The Balaban J connectivity index is 2.86. The molecule has 0 radical (unpaired) electrons. The molecule has 0 bridgehead atoms. The molecule has 1 aliphatic heterocycles. The Bertz CT molecular complexity index is 319. The number of likely N-dealkylation sites (tertiary alicyclic amines) is 1. The second-order valence-corrected chi connectivity index (χ2v) is 5.75. The largest absolute Gasteiger partial charge is 0.443 e. The highest BCUT2D eigenvalue weighted by atomic mass is 16.6. The standard InChI is InChI=1S/C12H21NO4/c1-7(2)10-8(14)6-9(15)13(10)11(16)17-12(3,4)5/h7-8,10,14H,6H2,1-5H3/t8?,10-/m0/s1. The Hall–Kier alpha value is -1.10. The topological polar surface area (TPSA) is 66.8 Å². The molecule has 1 aliphatic rings. The van der Waals surface area contributed by atoms with Crippen molar-refractivity contribution in [1.29, 1.82) is 0 Å². The van der Waals surface area contributed by atoms with Crippen LogP contribution in [0.15, 0.2) is 0 Å². The van der Waals surface area contributed by atoms with Crippen molar-refractivity contribution in [1.82, 2.24) is 4.90 Å². The Morgan fingerprint density at radius 2 is 2.00 bits per heavy atom. The zero-order chi connectivity index (χ0) is 13.4. The number of carbonyl (C=O) groups is 2. The molecular weight excluding hydrogens is 222 g/mol. The minimum absolute atomic E-state index is 0.00367. The second kappa shape index (κ2) is 4.64. The summed E-state index contributed by atoms with van der Waals surface area (Å²) in [6.07, 6.45) is -1.48. The molecule has 0 saturated carbocycles. The van der Waals surface area contributed by atoms with Gasteiger partial charge in [0.25, 0.3) is 0 Å². The van der Waals surface area contributed by atoms with Crippen LogP contribution in [0.3, 0.4) is 0 Å². The predicted molar refractivity (Wildman–Crippen MR) is 62.3 cm³/mol. The van der Waals surface area contributed by atoms with Crippen LogP contribution in [0.5, 0.6) is 0 Å². The molecule has 1 heterocycles. The number of amides is 2. The first-order valence-corrected chi connectivity index (χ1v) is 5.86. The summed E-state index contributed by atoms with van der Waals surface area (Å²) in [5, 5.41) is 9.78. The van der Waals surface area contributed by atoms with Gasteiger partial charge in [0.15, 0.2) is 0 Å². The van der Waals surface area contributed by atoms with Gasteiger partial charge in [-0.05, 0) is 26.7 Å². The summed E-state index contributed by atoms with van der Waals surface area (Å²) in [5.41, 5.74) is -0.646. The van der Waals surface area contributed by atoms with Crippen molar-refractivity contribution in [3.8, 4) is 0 Å². The first-order chi connectivity index (χ1) is 7.63.